The van der Waals surface area contributed by atoms with Gasteiger partial charge in [-0.15, -0.1) is 0 Å². The largest absolute Gasteiger partial charge is 0.463 e. The van der Waals surface area contributed by atoms with E-state index in [1.54, 1.807) is 0 Å². The fourth-order valence-corrected chi connectivity index (χ4v) is 2.95. The molecule has 1 saturated heterocycles. The molecule has 0 N–H and O–H groups in total. The standard InChI is InChI=1S/C21H24F6O13/c1-9(28)33-6-13-16(36-10(2)29)17(37-11(3)30)18(38-12(4)31)19(39-13)40-15(35-8-21(25,26)27)5-14(32)34-7-20(22,23)24/h5,13,16-19H,6-8H2,1-4H3/b15-5+/t13-,16-,17+,18+,19+/m1/s1. The number of hydrogen-bond donors (Lipinski definition) is 0. The molecular formula is C21H24F6O13. The van der Waals surface area contributed by atoms with Crippen LogP contribution in [0.3, 0.4) is 0 Å². The third-order valence-electron chi connectivity index (χ3n) is 4.17. The summed E-state index contributed by atoms with van der Waals surface area (Å²) >= 11 is 0. The van der Waals surface area contributed by atoms with E-state index < -0.39 is 98.7 Å². The molecule has 0 saturated carbocycles. The Morgan fingerprint density at radius 1 is 0.650 bits per heavy atom. The van der Waals surface area contributed by atoms with E-state index in [4.69, 9.17) is 28.4 Å². The Kier molecular flexibility index (Phi) is 12.5. The van der Waals surface area contributed by atoms with Crippen molar-refractivity contribution < 1.29 is 88.2 Å². The van der Waals surface area contributed by atoms with Crippen molar-refractivity contribution >= 4 is 29.8 Å². The van der Waals surface area contributed by atoms with Crippen LogP contribution in [-0.2, 0) is 61.9 Å². The normalized spacial score (nSPS) is 23.4. The highest BCUT2D eigenvalue weighted by Crippen LogP contribution is 2.31. The second-order valence-corrected chi connectivity index (χ2v) is 7.78. The molecule has 1 fully saturated rings. The van der Waals surface area contributed by atoms with Crippen LogP contribution in [0.15, 0.2) is 12.0 Å². The monoisotopic (exact) mass is 598 g/mol. The van der Waals surface area contributed by atoms with Gasteiger partial charge in [0.2, 0.25) is 12.4 Å². The van der Waals surface area contributed by atoms with Gasteiger partial charge in [-0.25, -0.2) is 4.79 Å². The fraction of sp³-hybridized carbons (Fsp3) is 0.667. The van der Waals surface area contributed by atoms with E-state index in [0.717, 1.165) is 27.7 Å². The molecule has 5 atom stereocenters. The Morgan fingerprint density at radius 3 is 1.60 bits per heavy atom. The summed E-state index contributed by atoms with van der Waals surface area (Å²) in [5.74, 6) is -7.31. The van der Waals surface area contributed by atoms with E-state index in [0.29, 0.717) is 0 Å². The summed E-state index contributed by atoms with van der Waals surface area (Å²) in [5, 5.41) is 0. The Bertz CT molecular complexity index is 962. The minimum Gasteiger partial charge on any atom is -0.463 e. The smallest absolute Gasteiger partial charge is 0.422 e. The molecule has 0 aromatic heterocycles. The molecule has 1 aliphatic heterocycles. The molecule has 1 rings (SSSR count). The molecule has 0 aliphatic carbocycles. The van der Waals surface area contributed by atoms with Gasteiger partial charge in [0.25, 0.3) is 5.95 Å². The molecule has 0 aromatic carbocycles. The predicted octanol–water partition coefficient (Wildman–Crippen LogP) is 1.61. The molecule has 40 heavy (non-hydrogen) atoms. The molecule has 0 amide bonds. The number of hydrogen-bond acceptors (Lipinski definition) is 13. The molecule has 0 unspecified atom stereocenters. The summed E-state index contributed by atoms with van der Waals surface area (Å²) in [5.41, 5.74) is 0. The first-order chi connectivity index (χ1) is 18.3. The van der Waals surface area contributed by atoms with E-state index in [1.807, 2.05) is 0 Å². The molecule has 0 bridgehead atoms. The predicted molar refractivity (Wildman–Crippen MR) is 110 cm³/mol. The SMILES string of the molecule is CC(=O)OC[C@H]1O[C@@H](O/C(=C/C(=O)OCC(F)(F)F)OCC(F)(F)F)[C@@H](OC(C)=O)[C@@H](OC(C)=O)[C@@H]1OC(C)=O. The zero-order valence-corrected chi connectivity index (χ0v) is 21.2. The average molecular weight is 598 g/mol. The lowest BCUT2D eigenvalue weighted by molar-refractivity contribution is -0.309. The van der Waals surface area contributed by atoms with Gasteiger partial charge in [-0.3, -0.25) is 19.2 Å². The summed E-state index contributed by atoms with van der Waals surface area (Å²) in [6.45, 7) is -1.36. The Labute approximate surface area is 221 Å². The van der Waals surface area contributed by atoms with Gasteiger partial charge in [0.05, 0.1) is 0 Å². The lowest BCUT2D eigenvalue weighted by Crippen LogP contribution is -2.62. The van der Waals surface area contributed by atoms with E-state index in [1.165, 1.54) is 0 Å². The molecule has 1 aliphatic rings. The van der Waals surface area contributed by atoms with E-state index in [9.17, 15) is 50.3 Å². The number of carbonyl (C=O) groups excluding carboxylic acids is 5. The van der Waals surface area contributed by atoms with Crippen molar-refractivity contribution in [3.05, 3.63) is 12.0 Å². The summed E-state index contributed by atoms with van der Waals surface area (Å²) < 4.78 is 114. The molecular weight excluding hydrogens is 574 g/mol. The maximum atomic E-state index is 12.8. The zero-order chi connectivity index (χ0) is 30.8. The number of alkyl halides is 6. The van der Waals surface area contributed by atoms with Crippen LogP contribution in [0.1, 0.15) is 27.7 Å². The van der Waals surface area contributed by atoms with Gasteiger partial charge >= 0.3 is 42.2 Å². The van der Waals surface area contributed by atoms with Crippen molar-refractivity contribution in [3.8, 4) is 0 Å². The summed E-state index contributed by atoms with van der Waals surface area (Å²) in [7, 11) is 0. The molecule has 19 heteroatoms. The Hall–Kier alpha value is -3.77. The number of carbonyl (C=O) groups is 5. The van der Waals surface area contributed by atoms with Gasteiger partial charge in [-0.05, 0) is 0 Å². The maximum Gasteiger partial charge on any atom is 0.422 e. The molecule has 228 valence electrons. The third kappa shape index (κ3) is 13.3. The van der Waals surface area contributed by atoms with Gasteiger partial charge in [-0.2, -0.15) is 26.3 Å². The summed E-state index contributed by atoms with van der Waals surface area (Å²) in [6, 6.07) is 0. The van der Waals surface area contributed by atoms with Crippen molar-refractivity contribution in [2.75, 3.05) is 19.8 Å². The van der Waals surface area contributed by atoms with Crippen molar-refractivity contribution in [1.29, 1.82) is 0 Å². The van der Waals surface area contributed by atoms with Crippen molar-refractivity contribution in [2.45, 2.75) is 70.8 Å². The summed E-state index contributed by atoms with van der Waals surface area (Å²) in [6.07, 6.45) is -19.3. The quantitative estimate of drug-likeness (QED) is 0.111. The lowest BCUT2D eigenvalue weighted by Gasteiger charge is -2.43. The second-order valence-electron chi connectivity index (χ2n) is 7.78. The third-order valence-corrected chi connectivity index (χ3v) is 4.17. The van der Waals surface area contributed by atoms with E-state index in [-0.39, 0.29) is 6.08 Å². The van der Waals surface area contributed by atoms with Crippen LogP contribution in [0, 0.1) is 0 Å². The number of halogens is 6. The average Bonchev–Trinajstić information content (AvgIpc) is 2.76. The van der Waals surface area contributed by atoms with Gasteiger partial charge in [0.15, 0.2) is 25.4 Å². The van der Waals surface area contributed by atoms with Gasteiger partial charge in [-0.1, -0.05) is 0 Å². The van der Waals surface area contributed by atoms with Gasteiger partial charge in [0, 0.05) is 27.7 Å². The van der Waals surface area contributed by atoms with Crippen molar-refractivity contribution in [3.63, 3.8) is 0 Å². The molecule has 0 spiro atoms. The van der Waals surface area contributed by atoms with Crippen LogP contribution >= 0.6 is 0 Å². The van der Waals surface area contributed by atoms with Gasteiger partial charge in [0.1, 0.15) is 18.8 Å². The highest BCUT2D eigenvalue weighted by atomic mass is 19.4. The van der Waals surface area contributed by atoms with Crippen LogP contribution in [0.4, 0.5) is 26.3 Å². The molecule has 1 heterocycles. The second kappa shape index (κ2) is 14.6. The van der Waals surface area contributed by atoms with Crippen LogP contribution in [0.5, 0.6) is 0 Å². The Balaban J connectivity index is 3.51. The van der Waals surface area contributed by atoms with Crippen molar-refractivity contribution in [1.82, 2.24) is 0 Å². The van der Waals surface area contributed by atoms with Crippen LogP contribution in [0.2, 0.25) is 0 Å². The van der Waals surface area contributed by atoms with Crippen LogP contribution < -0.4 is 0 Å². The van der Waals surface area contributed by atoms with Crippen molar-refractivity contribution in [2.24, 2.45) is 0 Å². The molecule has 0 radical (unpaired) electrons. The molecule has 13 nitrogen and oxygen atoms in total. The lowest BCUT2D eigenvalue weighted by atomic mass is 9.98. The molecule has 0 aromatic rings. The first-order valence-corrected chi connectivity index (χ1v) is 10.9. The van der Waals surface area contributed by atoms with Crippen LogP contribution in [0.25, 0.3) is 0 Å². The fourth-order valence-electron chi connectivity index (χ4n) is 2.95. The highest BCUT2D eigenvalue weighted by molar-refractivity contribution is 5.82. The summed E-state index contributed by atoms with van der Waals surface area (Å²) in [4.78, 5) is 58.4. The Morgan fingerprint density at radius 2 is 1.12 bits per heavy atom. The first kappa shape index (κ1) is 34.3. The first-order valence-electron chi connectivity index (χ1n) is 10.9. The van der Waals surface area contributed by atoms with E-state index >= 15 is 0 Å². The minimum absolute atomic E-state index is 0.0360. The minimum atomic E-state index is -5.04. The van der Waals surface area contributed by atoms with Gasteiger partial charge < -0.3 is 37.9 Å². The zero-order valence-electron chi connectivity index (χ0n) is 21.2. The number of ether oxygens (including phenoxy) is 8. The topological polar surface area (TPSA) is 159 Å². The number of esters is 5. The maximum absolute atomic E-state index is 12.8. The van der Waals surface area contributed by atoms with E-state index in [2.05, 4.69) is 9.47 Å². The highest BCUT2D eigenvalue weighted by Gasteiger charge is 2.53. The number of rotatable bonds is 11. The van der Waals surface area contributed by atoms with Crippen LogP contribution in [-0.4, -0.2) is 92.7 Å².